The van der Waals surface area contributed by atoms with Crippen LogP contribution in [0, 0.1) is 0 Å². The fraction of sp³-hybridized carbons (Fsp3) is 0.308. The third-order valence-electron chi connectivity index (χ3n) is 2.12. The van der Waals surface area contributed by atoms with Crippen LogP contribution in [0.3, 0.4) is 0 Å². The molecule has 0 aliphatic heterocycles. The van der Waals surface area contributed by atoms with E-state index in [0.29, 0.717) is 25.7 Å². The van der Waals surface area contributed by atoms with E-state index in [2.05, 4.69) is 16.9 Å². The van der Waals surface area contributed by atoms with Crippen molar-refractivity contribution in [2.75, 3.05) is 13.2 Å². The van der Waals surface area contributed by atoms with E-state index in [-0.39, 0.29) is 0 Å². The van der Waals surface area contributed by atoms with Crippen molar-refractivity contribution in [3.63, 3.8) is 0 Å². The highest BCUT2D eigenvalue weighted by atomic mass is 16.5. The lowest BCUT2D eigenvalue weighted by Crippen LogP contribution is -2.31. The first-order chi connectivity index (χ1) is 8.27. The van der Waals surface area contributed by atoms with Crippen molar-refractivity contribution in [2.24, 2.45) is 10.7 Å². The second-order valence-corrected chi connectivity index (χ2v) is 3.41. The van der Waals surface area contributed by atoms with Crippen LogP contribution in [0.4, 0.5) is 0 Å². The highest BCUT2D eigenvalue weighted by Gasteiger charge is 2.01. The van der Waals surface area contributed by atoms with Crippen molar-refractivity contribution in [1.82, 2.24) is 5.32 Å². The Kier molecular flexibility index (Phi) is 5.64. The zero-order valence-electron chi connectivity index (χ0n) is 10.1. The molecule has 1 aromatic carbocycles. The van der Waals surface area contributed by atoms with E-state index in [1.54, 1.807) is 6.08 Å². The largest absolute Gasteiger partial charge is 0.494 e. The summed E-state index contributed by atoms with van der Waals surface area (Å²) in [6, 6.07) is 7.81. The molecule has 0 radical (unpaired) electrons. The van der Waals surface area contributed by atoms with E-state index < -0.39 is 0 Å². The summed E-state index contributed by atoms with van der Waals surface area (Å²) in [6.45, 7) is 7.32. The molecule has 0 unspecified atom stereocenters. The van der Waals surface area contributed by atoms with Crippen molar-refractivity contribution in [1.29, 1.82) is 0 Å². The summed E-state index contributed by atoms with van der Waals surface area (Å²) in [6.07, 6.45) is 1.73. The lowest BCUT2D eigenvalue weighted by molar-refractivity contribution is 0.336. The molecule has 0 aromatic heterocycles. The fourth-order valence-electron chi connectivity index (χ4n) is 1.33. The van der Waals surface area contributed by atoms with Crippen molar-refractivity contribution < 1.29 is 4.74 Å². The molecule has 0 fully saturated rings. The molecule has 0 aliphatic carbocycles. The van der Waals surface area contributed by atoms with Crippen LogP contribution in [-0.4, -0.2) is 19.1 Å². The van der Waals surface area contributed by atoms with Crippen LogP contribution in [0.2, 0.25) is 0 Å². The number of ether oxygens (including phenoxy) is 1. The molecule has 0 atom stereocenters. The standard InChI is InChI=1S/C13H19N3O/c1-3-9-15-13(14)16-10-11-7-5-6-8-12(11)17-4-2/h3,5-8H,1,4,9-10H2,2H3,(H3,14,15,16). The lowest BCUT2D eigenvalue weighted by Gasteiger charge is -2.08. The molecule has 4 nitrogen and oxygen atoms in total. The number of hydrogen-bond acceptors (Lipinski definition) is 2. The Morgan fingerprint density at radius 3 is 3.00 bits per heavy atom. The van der Waals surface area contributed by atoms with Crippen LogP contribution in [0.15, 0.2) is 41.9 Å². The second-order valence-electron chi connectivity index (χ2n) is 3.41. The van der Waals surface area contributed by atoms with Gasteiger partial charge in [-0.15, -0.1) is 6.58 Å². The zero-order valence-corrected chi connectivity index (χ0v) is 10.1. The van der Waals surface area contributed by atoms with Gasteiger partial charge in [0.05, 0.1) is 13.2 Å². The number of aliphatic imine (C=N–C) groups is 1. The summed E-state index contributed by atoms with van der Waals surface area (Å²) in [5, 5.41) is 2.92. The highest BCUT2D eigenvalue weighted by molar-refractivity contribution is 5.77. The van der Waals surface area contributed by atoms with Crippen molar-refractivity contribution >= 4 is 5.96 Å². The maximum Gasteiger partial charge on any atom is 0.189 e. The molecule has 0 heterocycles. The topological polar surface area (TPSA) is 59.6 Å². The van der Waals surface area contributed by atoms with Gasteiger partial charge >= 0.3 is 0 Å². The zero-order chi connectivity index (χ0) is 12.5. The summed E-state index contributed by atoms with van der Waals surface area (Å²) >= 11 is 0. The maximum absolute atomic E-state index is 5.68. The van der Waals surface area contributed by atoms with Crippen LogP contribution in [0.5, 0.6) is 5.75 Å². The predicted molar refractivity (Wildman–Crippen MR) is 71.1 cm³/mol. The van der Waals surface area contributed by atoms with E-state index in [1.165, 1.54) is 0 Å². The summed E-state index contributed by atoms with van der Waals surface area (Å²) < 4.78 is 5.50. The Hall–Kier alpha value is -1.97. The number of nitrogens with two attached hydrogens (primary N) is 1. The maximum atomic E-state index is 5.68. The minimum absolute atomic E-state index is 0.413. The molecular formula is C13H19N3O. The highest BCUT2D eigenvalue weighted by Crippen LogP contribution is 2.18. The Morgan fingerprint density at radius 2 is 2.29 bits per heavy atom. The van der Waals surface area contributed by atoms with Gasteiger partial charge in [0.2, 0.25) is 0 Å². The van der Waals surface area contributed by atoms with Gasteiger partial charge in [0.1, 0.15) is 5.75 Å². The average molecular weight is 233 g/mol. The van der Waals surface area contributed by atoms with E-state index in [1.807, 2.05) is 31.2 Å². The predicted octanol–water partition coefficient (Wildman–Crippen LogP) is 1.68. The van der Waals surface area contributed by atoms with Crippen LogP contribution in [-0.2, 0) is 6.54 Å². The minimum atomic E-state index is 0.413. The van der Waals surface area contributed by atoms with E-state index in [0.717, 1.165) is 11.3 Å². The number of rotatable bonds is 6. The first-order valence-corrected chi connectivity index (χ1v) is 5.63. The van der Waals surface area contributed by atoms with Crippen LogP contribution in [0.1, 0.15) is 12.5 Å². The molecule has 0 amide bonds. The molecule has 0 aliphatic rings. The summed E-state index contributed by atoms with van der Waals surface area (Å²) in [7, 11) is 0. The number of para-hydroxylation sites is 1. The summed E-state index contributed by atoms with van der Waals surface area (Å²) in [5.41, 5.74) is 6.71. The first-order valence-electron chi connectivity index (χ1n) is 5.63. The lowest BCUT2D eigenvalue weighted by atomic mass is 10.2. The van der Waals surface area contributed by atoms with Crippen LogP contribution in [0.25, 0.3) is 0 Å². The summed E-state index contributed by atoms with van der Waals surface area (Å²) in [5.74, 6) is 1.27. The van der Waals surface area contributed by atoms with Gasteiger partial charge in [0.15, 0.2) is 5.96 Å². The summed E-state index contributed by atoms with van der Waals surface area (Å²) in [4.78, 5) is 4.23. The Balaban J connectivity index is 2.64. The Bertz CT molecular complexity index is 388. The number of nitrogens with zero attached hydrogens (tertiary/aromatic N) is 1. The Morgan fingerprint density at radius 1 is 1.53 bits per heavy atom. The van der Waals surface area contributed by atoms with Crippen LogP contribution >= 0.6 is 0 Å². The second kappa shape index (κ2) is 7.33. The van der Waals surface area contributed by atoms with Crippen molar-refractivity contribution in [2.45, 2.75) is 13.5 Å². The average Bonchev–Trinajstić information content (AvgIpc) is 2.35. The number of guanidine groups is 1. The van der Waals surface area contributed by atoms with E-state index in [4.69, 9.17) is 10.5 Å². The minimum Gasteiger partial charge on any atom is -0.494 e. The molecular weight excluding hydrogens is 214 g/mol. The molecule has 0 saturated heterocycles. The van der Waals surface area contributed by atoms with Crippen molar-refractivity contribution in [3.8, 4) is 5.75 Å². The monoisotopic (exact) mass is 233 g/mol. The molecule has 0 spiro atoms. The van der Waals surface area contributed by atoms with Gasteiger partial charge < -0.3 is 15.8 Å². The Labute approximate surface area is 102 Å². The molecule has 17 heavy (non-hydrogen) atoms. The fourth-order valence-corrected chi connectivity index (χ4v) is 1.33. The van der Waals surface area contributed by atoms with Gasteiger partial charge in [-0.05, 0) is 13.0 Å². The number of nitrogens with one attached hydrogen (secondary N) is 1. The molecule has 92 valence electrons. The van der Waals surface area contributed by atoms with Crippen LogP contribution < -0.4 is 15.8 Å². The number of benzene rings is 1. The molecule has 0 bridgehead atoms. The molecule has 1 rings (SSSR count). The van der Waals surface area contributed by atoms with E-state index in [9.17, 15) is 0 Å². The van der Waals surface area contributed by atoms with Gasteiger partial charge in [-0.25, -0.2) is 4.99 Å². The van der Waals surface area contributed by atoms with E-state index >= 15 is 0 Å². The van der Waals surface area contributed by atoms with Gasteiger partial charge in [0, 0.05) is 12.1 Å². The molecule has 1 aromatic rings. The molecule has 0 saturated carbocycles. The quantitative estimate of drug-likeness (QED) is 0.446. The normalized spacial score (nSPS) is 11.0. The van der Waals surface area contributed by atoms with Gasteiger partial charge in [-0.1, -0.05) is 24.3 Å². The third kappa shape index (κ3) is 4.59. The smallest absolute Gasteiger partial charge is 0.189 e. The number of hydrogen-bond donors (Lipinski definition) is 2. The molecule has 4 heteroatoms. The van der Waals surface area contributed by atoms with Crippen molar-refractivity contribution in [3.05, 3.63) is 42.5 Å². The van der Waals surface area contributed by atoms with Gasteiger partial charge in [0.25, 0.3) is 0 Å². The van der Waals surface area contributed by atoms with Gasteiger partial charge in [-0.2, -0.15) is 0 Å². The SMILES string of the molecule is C=CCNC(N)=NCc1ccccc1OCC. The third-order valence-corrected chi connectivity index (χ3v) is 2.12. The van der Waals surface area contributed by atoms with Gasteiger partial charge in [-0.3, -0.25) is 0 Å². The molecule has 3 N–H and O–H groups in total. The first kappa shape index (κ1) is 13.1.